The first-order chi connectivity index (χ1) is 20.2. The van der Waals surface area contributed by atoms with Crippen LogP contribution in [0.4, 0.5) is 26.3 Å². The van der Waals surface area contributed by atoms with E-state index in [1.54, 1.807) is 6.07 Å². The molecule has 0 spiro atoms. The molecule has 0 radical (unpaired) electrons. The van der Waals surface area contributed by atoms with Crippen LogP contribution in [-0.4, -0.2) is 77.1 Å². The van der Waals surface area contributed by atoms with Gasteiger partial charge in [0.2, 0.25) is 0 Å². The molecule has 0 saturated carbocycles. The summed E-state index contributed by atoms with van der Waals surface area (Å²) in [5, 5.41) is 0. The van der Waals surface area contributed by atoms with Gasteiger partial charge in [-0.05, 0) is 47.1 Å². The number of benzene rings is 1. The number of carbonyl (C=O) groups is 2. The van der Waals surface area contributed by atoms with Crippen LogP contribution in [0.2, 0.25) is 0 Å². The fourth-order valence-corrected chi connectivity index (χ4v) is 4.57. The Balaban J connectivity index is 2.76. The van der Waals surface area contributed by atoms with Crippen LogP contribution < -0.4 is 0 Å². The van der Waals surface area contributed by atoms with E-state index < -0.39 is 97.9 Å². The van der Waals surface area contributed by atoms with Gasteiger partial charge >= 0.3 is 43.2 Å². The van der Waals surface area contributed by atoms with Crippen LogP contribution in [0.5, 0.6) is 0 Å². The number of alkyl halides is 6. The fraction of sp³-hybridized carbons (Fsp3) is 0.680. The second kappa shape index (κ2) is 13.7. The van der Waals surface area contributed by atoms with E-state index in [1.165, 1.54) is 65.8 Å². The summed E-state index contributed by atoms with van der Waals surface area (Å²) in [7, 11) is -13.3. The molecule has 0 aliphatic carbocycles. The Labute approximate surface area is 255 Å². The van der Waals surface area contributed by atoms with E-state index in [4.69, 9.17) is 18.9 Å². The summed E-state index contributed by atoms with van der Waals surface area (Å²) < 4.78 is 159. The third-order valence-electron chi connectivity index (χ3n) is 5.74. The maximum atomic E-state index is 13.4. The zero-order valence-corrected chi connectivity index (χ0v) is 26.3. The quantitative estimate of drug-likeness (QED) is 0.150. The molecule has 258 valence electrons. The molecule has 0 unspecified atom stereocenters. The maximum Gasteiger partial charge on any atom is 0.523 e. The number of esters is 2. The lowest BCUT2D eigenvalue weighted by Gasteiger charge is -2.44. The van der Waals surface area contributed by atoms with Crippen LogP contribution in [0.3, 0.4) is 0 Å². The fourth-order valence-electron chi connectivity index (χ4n) is 3.33. The summed E-state index contributed by atoms with van der Waals surface area (Å²) in [6.45, 7) is 6.11. The Kier molecular flexibility index (Phi) is 11.8. The van der Waals surface area contributed by atoms with Gasteiger partial charge in [-0.1, -0.05) is 30.3 Å². The lowest BCUT2D eigenvalue weighted by molar-refractivity contribution is -0.299. The molecule has 1 heterocycles. The van der Waals surface area contributed by atoms with Crippen molar-refractivity contribution in [3.63, 3.8) is 0 Å². The number of hydrogen-bond acceptors (Lipinski definition) is 12. The van der Waals surface area contributed by atoms with E-state index >= 15 is 0 Å². The summed E-state index contributed by atoms with van der Waals surface area (Å²) in [5.74, 6) is -2.36. The smallest absolute Gasteiger partial charge is 0.462 e. The van der Waals surface area contributed by atoms with E-state index in [0.29, 0.717) is 5.56 Å². The second-order valence-corrected chi connectivity index (χ2v) is 14.9. The van der Waals surface area contributed by atoms with Crippen molar-refractivity contribution >= 4 is 32.2 Å². The summed E-state index contributed by atoms with van der Waals surface area (Å²) >= 11 is 0. The Hall–Kier alpha value is -2.52. The number of hydrogen-bond donors (Lipinski definition) is 0. The Bertz CT molecular complexity index is 1400. The first kappa shape index (κ1) is 38.7. The number of halogens is 6. The normalized spacial score (nSPS) is 23.8. The Morgan fingerprint density at radius 1 is 0.733 bits per heavy atom. The zero-order valence-electron chi connectivity index (χ0n) is 24.7. The lowest BCUT2D eigenvalue weighted by atomic mass is 9.95. The average Bonchev–Trinajstić information content (AvgIpc) is 2.86. The number of ether oxygens (including phenoxy) is 4. The van der Waals surface area contributed by atoms with Crippen molar-refractivity contribution in [2.45, 2.75) is 89.9 Å². The van der Waals surface area contributed by atoms with Crippen LogP contribution >= 0.6 is 0 Å². The van der Waals surface area contributed by atoms with Gasteiger partial charge in [0.1, 0.15) is 18.8 Å². The van der Waals surface area contributed by atoms with Crippen molar-refractivity contribution < 1.29 is 80.1 Å². The first-order valence-electron chi connectivity index (χ1n) is 12.9. The standard InChI is InChI=1S/C25H32F6O12S2/c1-22(2,3)20(32)39-13-15-16(42-44(34,35)24(26,27)28)17(41-21(33)23(4,5)6)18(43-45(36,37)25(29,30)31)19(40-15)38-12-14-10-8-7-9-11-14/h7-11,15-19H,12-13H2,1-6H3/t15-,16+,17+,18-,19-/m1/s1. The molecule has 2 rings (SSSR count). The average molecular weight is 703 g/mol. The van der Waals surface area contributed by atoms with Gasteiger partial charge in [0.05, 0.1) is 17.4 Å². The summed E-state index contributed by atoms with van der Waals surface area (Å²) in [4.78, 5) is 25.3. The van der Waals surface area contributed by atoms with Crippen LogP contribution in [0.15, 0.2) is 30.3 Å². The molecule has 1 aliphatic rings. The van der Waals surface area contributed by atoms with Gasteiger partial charge in [-0.2, -0.15) is 43.2 Å². The molecule has 1 aromatic carbocycles. The molecule has 1 saturated heterocycles. The molecule has 0 bridgehead atoms. The highest BCUT2D eigenvalue weighted by Crippen LogP contribution is 2.38. The van der Waals surface area contributed by atoms with Gasteiger partial charge in [-0.25, -0.2) is 0 Å². The Morgan fingerprint density at radius 2 is 1.20 bits per heavy atom. The van der Waals surface area contributed by atoms with Crippen LogP contribution in [-0.2, 0) is 63.7 Å². The molecule has 1 aliphatic heterocycles. The van der Waals surface area contributed by atoms with Crippen LogP contribution in [0.1, 0.15) is 47.1 Å². The summed E-state index contributed by atoms with van der Waals surface area (Å²) in [6.07, 6.45) is -12.8. The molecule has 1 fully saturated rings. The molecular weight excluding hydrogens is 670 g/mol. The van der Waals surface area contributed by atoms with Gasteiger partial charge < -0.3 is 18.9 Å². The highest BCUT2D eigenvalue weighted by atomic mass is 32.2. The van der Waals surface area contributed by atoms with Gasteiger partial charge in [0, 0.05) is 0 Å². The van der Waals surface area contributed by atoms with Gasteiger partial charge in [0.25, 0.3) is 0 Å². The zero-order chi connectivity index (χ0) is 34.8. The lowest BCUT2D eigenvalue weighted by Crippen LogP contribution is -2.64. The molecule has 0 amide bonds. The predicted octanol–water partition coefficient (Wildman–Crippen LogP) is 3.94. The van der Waals surface area contributed by atoms with Gasteiger partial charge in [0.15, 0.2) is 18.5 Å². The van der Waals surface area contributed by atoms with E-state index in [9.17, 15) is 52.8 Å². The van der Waals surface area contributed by atoms with Crippen molar-refractivity contribution in [2.24, 2.45) is 10.8 Å². The molecule has 1 aromatic rings. The van der Waals surface area contributed by atoms with E-state index in [1.807, 2.05) is 0 Å². The van der Waals surface area contributed by atoms with Crippen LogP contribution in [0, 0.1) is 10.8 Å². The molecule has 0 N–H and O–H groups in total. The number of carbonyl (C=O) groups excluding carboxylic acids is 2. The molecule has 12 nitrogen and oxygen atoms in total. The SMILES string of the molecule is CC(C)(C)C(=O)OC[C@H]1O[C@@H](OCc2ccccc2)[C@H](OS(=O)(=O)C(F)(F)F)[C@@H](OC(=O)C(C)(C)C)[C@H]1OS(=O)(=O)C(F)(F)F. The van der Waals surface area contributed by atoms with E-state index in [-0.39, 0.29) is 0 Å². The third-order valence-corrected chi connectivity index (χ3v) is 7.82. The molecule has 0 aromatic heterocycles. The maximum absolute atomic E-state index is 13.4. The second-order valence-electron chi connectivity index (χ2n) is 11.7. The molecule has 45 heavy (non-hydrogen) atoms. The van der Waals surface area contributed by atoms with Crippen molar-refractivity contribution in [2.75, 3.05) is 6.61 Å². The van der Waals surface area contributed by atoms with Crippen molar-refractivity contribution in [3.05, 3.63) is 35.9 Å². The van der Waals surface area contributed by atoms with Gasteiger partial charge in [-0.3, -0.25) is 18.0 Å². The first-order valence-corrected chi connectivity index (χ1v) is 15.7. The molecule has 20 heteroatoms. The topological polar surface area (TPSA) is 158 Å². The van der Waals surface area contributed by atoms with Crippen molar-refractivity contribution in [3.8, 4) is 0 Å². The number of rotatable bonds is 10. The van der Waals surface area contributed by atoms with Crippen LogP contribution in [0.25, 0.3) is 0 Å². The Morgan fingerprint density at radius 3 is 1.64 bits per heavy atom. The van der Waals surface area contributed by atoms with E-state index in [2.05, 4.69) is 8.37 Å². The van der Waals surface area contributed by atoms with Crippen molar-refractivity contribution in [1.29, 1.82) is 0 Å². The highest BCUT2D eigenvalue weighted by molar-refractivity contribution is 7.87. The summed E-state index contributed by atoms with van der Waals surface area (Å²) in [6, 6.07) is 7.57. The minimum absolute atomic E-state index is 0.329. The monoisotopic (exact) mass is 702 g/mol. The highest BCUT2D eigenvalue weighted by Gasteiger charge is 2.60. The molecular formula is C25H32F6O12S2. The minimum Gasteiger partial charge on any atom is -0.462 e. The summed E-state index contributed by atoms with van der Waals surface area (Å²) in [5.41, 5.74) is -14.7. The molecule has 5 atom stereocenters. The van der Waals surface area contributed by atoms with Gasteiger partial charge in [-0.15, -0.1) is 0 Å². The largest absolute Gasteiger partial charge is 0.523 e. The third kappa shape index (κ3) is 10.2. The predicted molar refractivity (Wildman–Crippen MR) is 139 cm³/mol. The van der Waals surface area contributed by atoms with E-state index in [0.717, 1.165) is 0 Å². The minimum atomic E-state index is -6.65. The van der Waals surface area contributed by atoms with Crippen molar-refractivity contribution in [1.82, 2.24) is 0 Å².